The fourth-order valence-corrected chi connectivity index (χ4v) is 10.7. The van der Waals surface area contributed by atoms with Crippen LogP contribution in [0.1, 0.15) is 141 Å². The van der Waals surface area contributed by atoms with Crippen molar-refractivity contribution in [3.63, 3.8) is 0 Å². The highest BCUT2D eigenvalue weighted by molar-refractivity contribution is 7.91. The number of Topliss-reactive ketones (excluding diaryl/α,β-unsaturated/α-hetero) is 1. The van der Waals surface area contributed by atoms with Gasteiger partial charge in [0.1, 0.15) is 23.3 Å². The van der Waals surface area contributed by atoms with Crippen molar-refractivity contribution >= 4 is 44.5 Å². The van der Waals surface area contributed by atoms with E-state index in [0.29, 0.717) is 65.8 Å². The number of ether oxygens (including phenoxy) is 3. The summed E-state index contributed by atoms with van der Waals surface area (Å²) in [5, 5.41) is 0.579. The van der Waals surface area contributed by atoms with E-state index >= 15 is 4.39 Å². The second-order valence-electron chi connectivity index (χ2n) is 19.7. The van der Waals surface area contributed by atoms with Gasteiger partial charge in [0.05, 0.1) is 54.1 Å². The van der Waals surface area contributed by atoms with E-state index in [2.05, 4.69) is 4.72 Å². The molecule has 14 heteroatoms. The summed E-state index contributed by atoms with van der Waals surface area (Å²) in [5.41, 5.74) is -1.24. The molecule has 3 saturated carbocycles. The van der Waals surface area contributed by atoms with Gasteiger partial charge >= 0.3 is 5.97 Å². The lowest BCUT2D eigenvalue weighted by Gasteiger charge is -2.38. The van der Waals surface area contributed by atoms with Crippen LogP contribution in [0.4, 0.5) is 4.39 Å². The lowest BCUT2D eigenvalue weighted by Crippen LogP contribution is -2.48. The number of carbonyl (C=O) groups is 4. The van der Waals surface area contributed by atoms with E-state index in [4.69, 9.17) is 19.2 Å². The third-order valence-electron chi connectivity index (χ3n) is 13.5. The topological polar surface area (TPSA) is 158 Å². The molecule has 2 aromatic rings. The Hall–Kier alpha value is -4.07. The third kappa shape index (κ3) is 8.23. The molecule has 1 N–H and O–H groups in total. The lowest BCUT2D eigenvalue weighted by molar-refractivity contribution is -0.152. The number of allylic oxidation sites excluding steroid dienone is 2. The Labute approximate surface area is 346 Å². The molecule has 4 fully saturated rings. The molecule has 8 rings (SSSR count). The van der Waals surface area contributed by atoms with Crippen molar-refractivity contribution in [1.82, 2.24) is 14.6 Å². The fraction of sp³-hybridized carbons (Fsp3) is 0.667. The van der Waals surface area contributed by atoms with Crippen molar-refractivity contribution in [3.05, 3.63) is 41.6 Å². The molecule has 6 aliphatic rings. The highest BCUT2D eigenvalue weighted by Gasteiger charge is 2.64. The van der Waals surface area contributed by atoms with Crippen LogP contribution in [-0.2, 0) is 33.9 Å². The Bertz CT molecular complexity index is 2190. The molecule has 1 aromatic heterocycles. The van der Waals surface area contributed by atoms with E-state index in [9.17, 15) is 27.6 Å². The van der Waals surface area contributed by atoms with Gasteiger partial charge in [0.15, 0.2) is 5.78 Å². The maximum absolute atomic E-state index is 17.1. The van der Waals surface area contributed by atoms with Crippen molar-refractivity contribution in [3.8, 4) is 11.5 Å². The number of alkyl halides is 1. The molecule has 3 aliphatic heterocycles. The fourth-order valence-electron chi connectivity index (χ4n) is 9.37. The van der Waals surface area contributed by atoms with Crippen LogP contribution in [0, 0.1) is 22.7 Å². The van der Waals surface area contributed by atoms with Gasteiger partial charge in [-0.1, -0.05) is 45.8 Å². The number of benzene rings is 1. The van der Waals surface area contributed by atoms with Crippen LogP contribution in [0.15, 0.2) is 30.4 Å². The van der Waals surface area contributed by atoms with Gasteiger partial charge in [0.2, 0.25) is 21.8 Å². The Morgan fingerprint density at radius 3 is 2.53 bits per heavy atom. The van der Waals surface area contributed by atoms with Crippen LogP contribution in [0.25, 0.3) is 10.9 Å². The average molecular weight is 836 g/mol. The van der Waals surface area contributed by atoms with Crippen LogP contribution in [0.3, 0.4) is 0 Å². The lowest BCUT2D eigenvalue weighted by atomic mass is 9.84. The summed E-state index contributed by atoms with van der Waals surface area (Å²) in [4.78, 5) is 63.7. The first-order valence-electron chi connectivity index (χ1n) is 21.4. The van der Waals surface area contributed by atoms with Crippen LogP contribution < -0.4 is 14.2 Å². The van der Waals surface area contributed by atoms with Gasteiger partial charge in [-0.05, 0) is 87.8 Å². The van der Waals surface area contributed by atoms with Crippen LogP contribution in [0.5, 0.6) is 11.5 Å². The number of nitrogens with one attached hydrogen (secondary N) is 1. The summed E-state index contributed by atoms with van der Waals surface area (Å²) >= 11 is 0. The number of amides is 2. The first-order valence-corrected chi connectivity index (χ1v) is 22.9. The first-order chi connectivity index (χ1) is 27.9. The van der Waals surface area contributed by atoms with E-state index in [1.54, 1.807) is 26.2 Å². The number of ketones is 1. The number of esters is 1. The predicted octanol–water partition coefficient (Wildman–Crippen LogP) is 7.33. The Kier molecular flexibility index (Phi) is 10.7. The number of halogens is 1. The smallest absolute Gasteiger partial charge is 0.306 e. The summed E-state index contributed by atoms with van der Waals surface area (Å²) in [6.07, 6.45) is 8.00. The zero-order chi connectivity index (χ0) is 42.1. The number of hydrogen-bond donors (Lipinski definition) is 1. The number of nitrogens with zero attached hydrogens (tertiary/aromatic N) is 2. The summed E-state index contributed by atoms with van der Waals surface area (Å²) in [6, 6.07) is 4.26. The molecule has 59 heavy (non-hydrogen) atoms. The maximum Gasteiger partial charge on any atom is 0.306 e. The van der Waals surface area contributed by atoms with E-state index in [1.807, 2.05) is 39.0 Å². The van der Waals surface area contributed by atoms with Gasteiger partial charge < -0.3 is 19.1 Å². The molecule has 0 bridgehead atoms. The van der Waals surface area contributed by atoms with Crippen molar-refractivity contribution in [2.24, 2.45) is 22.7 Å². The van der Waals surface area contributed by atoms with E-state index in [-0.39, 0.29) is 62.5 Å². The van der Waals surface area contributed by atoms with Crippen LogP contribution in [-0.4, -0.2) is 78.5 Å². The van der Waals surface area contributed by atoms with Gasteiger partial charge in [0.25, 0.3) is 0 Å². The first kappa shape index (κ1) is 41.7. The summed E-state index contributed by atoms with van der Waals surface area (Å²) in [5.74, 6) is -2.24. The average Bonchev–Trinajstić information content (AvgIpc) is 4.11. The maximum atomic E-state index is 17.1. The van der Waals surface area contributed by atoms with E-state index in [0.717, 1.165) is 25.7 Å². The third-order valence-corrected chi connectivity index (χ3v) is 15.7. The van der Waals surface area contributed by atoms with Crippen molar-refractivity contribution < 1.29 is 46.2 Å². The number of methoxy groups -OCH3 is 1. The second-order valence-corrected chi connectivity index (χ2v) is 21.9. The molecule has 4 heterocycles. The predicted molar refractivity (Wildman–Crippen MR) is 218 cm³/mol. The molecule has 1 saturated heterocycles. The number of fused-ring (bicyclic) bond motifs is 5. The molecule has 12 nitrogen and oxygen atoms in total. The Balaban J connectivity index is 1.16. The zero-order valence-electron chi connectivity index (χ0n) is 34.9. The number of aromatic nitrogens is 1. The van der Waals surface area contributed by atoms with Gasteiger partial charge in [-0.2, -0.15) is 0 Å². The number of hydrogen-bond acceptors (Lipinski definition) is 10. The molecule has 320 valence electrons. The number of carbonyl (C=O) groups excluding carboxylic acids is 4. The number of pyridine rings is 1. The SMILES string of the molecule is COc1ccc2nc(C3CC3)c3c(c2c1)[C@H](F)C[C@]1(C[C@H]2C(=O)C[C@]4(C(=O)NS(=O)(=O)C5(C)CC5)C[C@H]4/C=C\CCCCC[C@H](CC(=O)OCC(C)(C)C)C(=O)N2C1)O3. The molecule has 3 aliphatic carbocycles. The van der Waals surface area contributed by atoms with Crippen molar-refractivity contribution in [2.45, 2.75) is 146 Å². The zero-order valence-corrected chi connectivity index (χ0v) is 35.8. The summed E-state index contributed by atoms with van der Waals surface area (Å²) in [7, 11) is -2.45. The largest absolute Gasteiger partial charge is 0.497 e. The molecule has 2 amide bonds. The molecule has 0 radical (unpaired) electrons. The van der Waals surface area contributed by atoms with E-state index < -0.39 is 67.5 Å². The highest BCUT2D eigenvalue weighted by Crippen LogP contribution is 2.59. The number of rotatable bonds is 8. The normalized spacial score (nSPS) is 31.2. The second kappa shape index (κ2) is 15.1. The van der Waals surface area contributed by atoms with Crippen molar-refractivity contribution in [2.75, 3.05) is 20.3 Å². The molecule has 6 atom stereocenters. The van der Waals surface area contributed by atoms with E-state index in [1.165, 1.54) is 4.90 Å². The van der Waals surface area contributed by atoms with Crippen molar-refractivity contribution in [1.29, 1.82) is 0 Å². The standard InChI is InChI=1S/C45H58FN3O9S/c1-42(2,3)26-57-36(51)19-28-11-9-7-6-8-10-12-29-21-45(29,41(53)48-59(54,55)43(4)17-18-43)24-35(50)34-23-44(25-49(34)40(28)52)22-32(46)37-31-20-30(56-5)15-16-33(31)47-38(27-13-14-27)39(37)58-44/h10,12,15-16,20,27-29,32,34H,6-9,11,13-14,17-19,21-26H2,1-5H3,(H,48,53)/b12-10-/t28-,29-,32-,34+,44-,45-/m1/s1. The Morgan fingerprint density at radius 2 is 1.83 bits per heavy atom. The molecule has 1 aromatic carbocycles. The summed E-state index contributed by atoms with van der Waals surface area (Å²) < 4.78 is 63.1. The molecule has 1 spiro atoms. The summed E-state index contributed by atoms with van der Waals surface area (Å²) in [6.45, 7) is 7.53. The van der Waals surface area contributed by atoms with Crippen LogP contribution in [0.2, 0.25) is 0 Å². The van der Waals surface area contributed by atoms with Gasteiger partial charge in [-0.15, -0.1) is 0 Å². The van der Waals surface area contributed by atoms with Crippen LogP contribution >= 0.6 is 0 Å². The van der Waals surface area contributed by atoms with Gasteiger partial charge in [-0.3, -0.25) is 23.9 Å². The monoisotopic (exact) mass is 835 g/mol. The minimum atomic E-state index is -3.99. The molecular formula is C45H58FN3O9S. The Morgan fingerprint density at radius 1 is 1.07 bits per heavy atom. The highest BCUT2D eigenvalue weighted by atomic mass is 32.2. The minimum absolute atomic E-state index is 0.0343. The quantitative estimate of drug-likeness (QED) is 0.211. The number of sulfonamides is 1. The van der Waals surface area contributed by atoms with Gasteiger partial charge in [0, 0.05) is 42.0 Å². The molecule has 0 unspecified atom stereocenters. The van der Waals surface area contributed by atoms with Gasteiger partial charge in [-0.25, -0.2) is 17.8 Å². The minimum Gasteiger partial charge on any atom is -0.497 e. The molecular weight excluding hydrogens is 778 g/mol.